The summed E-state index contributed by atoms with van der Waals surface area (Å²) >= 11 is 0. The zero-order valence-electron chi connectivity index (χ0n) is 12.7. The Kier molecular flexibility index (Phi) is 4.81. The first-order valence-electron chi connectivity index (χ1n) is 7.53. The number of piperidine rings is 1. The second-order valence-corrected chi connectivity index (χ2v) is 6.07. The molecule has 3 unspecified atom stereocenters. The monoisotopic (exact) mass is 261 g/mol. The third-order valence-electron chi connectivity index (χ3n) is 4.29. The van der Waals surface area contributed by atoms with Crippen LogP contribution in [0.3, 0.4) is 0 Å². The molecule has 3 nitrogen and oxygen atoms in total. The zero-order chi connectivity index (χ0) is 13.8. The van der Waals surface area contributed by atoms with Crippen LogP contribution < -0.4 is 5.32 Å². The van der Waals surface area contributed by atoms with Gasteiger partial charge in [-0.3, -0.25) is 4.90 Å². The number of aromatic nitrogens is 1. The molecule has 0 radical (unpaired) electrons. The zero-order valence-corrected chi connectivity index (χ0v) is 12.7. The van der Waals surface area contributed by atoms with E-state index in [4.69, 9.17) is 0 Å². The van der Waals surface area contributed by atoms with Crippen molar-refractivity contribution in [3.8, 4) is 0 Å². The Balaban J connectivity index is 2.05. The summed E-state index contributed by atoms with van der Waals surface area (Å²) in [5.41, 5.74) is 1.36. The van der Waals surface area contributed by atoms with Crippen molar-refractivity contribution in [2.24, 2.45) is 11.8 Å². The van der Waals surface area contributed by atoms with Gasteiger partial charge in [0.2, 0.25) is 0 Å². The van der Waals surface area contributed by atoms with Gasteiger partial charge >= 0.3 is 0 Å². The molecule has 2 heterocycles. The molecule has 3 heteroatoms. The Labute approximate surface area is 117 Å². The summed E-state index contributed by atoms with van der Waals surface area (Å²) in [6, 6.07) is 4.99. The summed E-state index contributed by atoms with van der Waals surface area (Å²) in [6.07, 6.45) is 3.27. The standard InChI is InChI=1S/C16H27N3/c1-5-17-16-9-15(6-7-18-16)11-19-10-12(2)8-13(3)14(19)4/h6-7,9,12-14H,5,8,10-11H2,1-4H3,(H,17,18). The van der Waals surface area contributed by atoms with Crippen LogP contribution in [0.5, 0.6) is 0 Å². The molecule has 1 aromatic heterocycles. The number of hydrogen-bond donors (Lipinski definition) is 1. The van der Waals surface area contributed by atoms with Gasteiger partial charge in [-0.1, -0.05) is 13.8 Å². The largest absolute Gasteiger partial charge is 0.370 e. The van der Waals surface area contributed by atoms with E-state index in [1.54, 1.807) is 0 Å². The van der Waals surface area contributed by atoms with Gasteiger partial charge in [-0.05, 0) is 49.8 Å². The molecule has 0 aliphatic carbocycles. The molecule has 1 aromatic rings. The maximum atomic E-state index is 4.34. The summed E-state index contributed by atoms with van der Waals surface area (Å²) in [5.74, 6) is 2.59. The van der Waals surface area contributed by atoms with Crippen LogP contribution in [-0.4, -0.2) is 29.0 Å². The molecule has 3 atom stereocenters. The highest BCUT2D eigenvalue weighted by Gasteiger charge is 2.28. The predicted molar refractivity (Wildman–Crippen MR) is 81.2 cm³/mol. The van der Waals surface area contributed by atoms with E-state index in [1.165, 1.54) is 18.5 Å². The fraction of sp³-hybridized carbons (Fsp3) is 0.688. The number of likely N-dealkylation sites (tertiary alicyclic amines) is 1. The molecule has 1 N–H and O–H groups in total. The lowest BCUT2D eigenvalue weighted by molar-refractivity contribution is 0.0729. The smallest absolute Gasteiger partial charge is 0.126 e. The molecule has 106 valence electrons. The summed E-state index contributed by atoms with van der Waals surface area (Å²) in [4.78, 5) is 6.96. The Morgan fingerprint density at radius 2 is 2.16 bits per heavy atom. The van der Waals surface area contributed by atoms with Crippen LogP contribution in [-0.2, 0) is 6.54 Å². The quantitative estimate of drug-likeness (QED) is 0.900. The van der Waals surface area contributed by atoms with Gasteiger partial charge in [0.25, 0.3) is 0 Å². The molecule has 1 aliphatic heterocycles. The van der Waals surface area contributed by atoms with Crippen LogP contribution in [0.2, 0.25) is 0 Å². The summed E-state index contributed by atoms with van der Waals surface area (Å²) in [5, 5.41) is 3.28. The van der Waals surface area contributed by atoms with E-state index < -0.39 is 0 Å². The van der Waals surface area contributed by atoms with Gasteiger partial charge in [0.1, 0.15) is 5.82 Å². The molecule has 0 amide bonds. The fourth-order valence-corrected chi connectivity index (χ4v) is 3.13. The summed E-state index contributed by atoms with van der Waals surface area (Å²) in [6.45, 7) is 12.4. The van der Waals surface area contributed by atoms with Gasteiger partial charge < -0.3 is 5.32 Å². The maximum Gasteiger partial charge on any atom is 0.126 e. The van der Waals surface area contributed by atoms with Crippen molar-refractivity contribution < 1.29 is 0 Å². The lowest BCUT2D eigenvalue weighted by atomic mass is 9.86. The highest BCUT2D eigenvalue weighted by Crippen LogP contribution is 2.28. The molecular weight excluding hydrogens is 234 g/mol. The Morgan fingerprint density at radius 1 is 1.37 bits per heavy atom. The van der Waals surface area contributed by atoms with Gasteiger partial charge in [-0.25, -0.2) is 4.98 Å². The maximum absolute atomic E-state index is 4.34. The second-order valence-electron chi connectivity index (χ2n) is 6.07. The van der Waals surface area contributed by atoms with Crippen molar-refractivity contribution in [1.82, 2.24) is 9.88 Å². The minimum Gasteiger partial charge on any atom is -0.370 e. The fourth-order valence-electron chi connectivity index (χ4n) is 3.13. The van der Waals surface area contributed by atoms with Gasteiger partial charge in [0, 0.05) is 31.9 Å². The number of anilines is 1. The molecule has 0 saturated carbocycles. The highest BCUT2D eigenvalue weighted by molar-refractivity contribution is 5.37. The first-order valence-corrected chi connectivity index (χ1v) is 7.53. The third-order valence-corrected chi connectivity index (χ3v) is 4.29. The van der Waals surface area contributed by atoms with E-state index >= 15 is 0 Å². The van der Waals surface area contributed by atoms with Crippen LogP contribution in [0, 0.1) is 11.8 Å². The lowest BCUT2D eigenvalue weighted by Crippen LogP contribution is -2.45. The van der Waals surface area contributed by atoms with Crippen LogP contribution >= 0.6 is 0 Å². The van der Waals surface area contributed by atoms with Crippen molar-refractivity contribution in [1.29, 1.82) is 0 Å². The van der Waals surface area contributed by atoms with E-state index in [0.29, 0.717) is 6.04 Å². The number of rotatable bonds is 4. The summed E-state index contributed by atoms with van der Waals surface area (Å²) in [7, 11) is 0. The molecule has 0 bridgehead atoms. The minimum absolute atomic E-state index is 0.673. The highest BCUT2D eigenvalue weighted by atomic mass is 15.2. The number of nitrogens with one attached hydrogen (secondary N) is 1. The predicted octanol–water partition coefficient (Wildman–Crippen LogP) is 3.38. The Bertz CT molecular complexity index is 405. The SMILES string of the molecule is CCNc1cc(CN2CC(C)CC(C)C2C)ccn1. The second kappa shape index (κ2) is 6.38. The first-order chi connectivity index (χ1) is 9.10. The normalized spacial score (nSPS) is 28.3. The molecule has 19 heavy (non-hydrogen) atoms. The average Bonchev–Trinajstić information content (AvgIpc) is 2.36. The van der Waals surface area contributed by atoms with E-state index in [2.05, 4.69) is 55.0 Å². The molecule has 1 fully saturated rings. The van der Waals surface area contributed by atoms with Crippen molar-refractivity contribution in [2.75, 3.05) is 18.4 Å². The van der Waals surface area contributed by atoms with Gasteiger partial charge in [-0.2, -0.15) is 0 Å². The minimum atomic E-state index is 0.673. The molecule has 1 saturated heterocycles. The van der Waals surface area contributed by atoms with Crippen molar-refractivity contribution >= 4 is 5.82 Å². The van der Waals surface area contributed by atoms with Crippen molar-refractivity contribution in [2.45, 2.75) is 46.7 Å². The van der Waals surface area contributed by atoms with E-state index in [0.717, 1.165) is 30.7 Å². The van der Waals surface area contributed by atoms with Gasteiger partial charge in [0.05, 0.1) is 0 Å². The first kappa shape index (κ1) is 14.3. The van der Waals surface area contributed by atoms with Crippen LogP contribution in [0.15, 0.2) is 18.3 Å². The van der Waals surface area contributed by atoms with E-state index in [1.807, 2.05) is 6.20 Å². The number of nitrogens with zero attached hydrogens (tertiary/aromatic N) is 2. The Morgan fingerprint density at radius 3 is 2.89 bits per heavy atom. The molecule has 0 aromatic carbocycles. The summed E-state index contributed by atoms with van der Waals surface area (Å²) < 4.78 is 0. The Hall–Kier alpha value is -1.09. The van der Waals surface area contributed by atoms with Gasteiger partial charge in [-0.15, -0.1) is 0 Å². The number of pyridine rings is 1. The van der Waals surface area contributed by atoms with Gasteiger partial charge in [0.15, 0.2) is 0 Å². The topological polar surface area (TPSA) is 28.2 Å². The van der Waals surface area contributed by atoms with Crippen molar-refractivity contribution in [3.63, 3.8) is 0 Å². The average molecular weight is 261 g/mol. The molecular formula is C16H27N3. The van der Waals surface area contributed by atoms with Crippen LogP contribution in [0.4, 0.5) is 5.82 Å². The van der Waals surface area contributed by atoms with Crippen molar-refractivity contribution in [3.05, 3.63) is 23.9 Å². The lowest BCUT2D eigenvalue weighted by Gasteiger charge is -2.41. The number of hydrogen-bond acceptors (Lipinski definition) is 3. The molecule has 1 aliphatic rings. The molecule has 0 spiro atoms. The van der Waals surface area contributed by atoms with E-state index in [9.17, 15) is 0 Å². The van der Waals surface area contributed by atoms with Crippen LogP contribution in [0.25, 0.3) is 0 Å². The third kappa shape index (κ3) is 3.69. The van der Waals surface area contributed by atoms with Crippen LogP contribution in [0.1, 0.15) is 39.7 Å². The van der Waals surface area contributed by atoms with E-state index in [-0.39, 0.29) is 0 Å². The molecule has 2 rings (SSSR count).